The van der Waals surface area contributed by atoms with E-state index in [1.165, 1.54) is 29.3 Å². The summed E-state index contributed by atoms with van der Waals surface area (Å²) in [7, 11) is 2.17. The van der Waals surface area contributed by atoms with Crippen molar-refractivity contribution in [3.8, 4) is 0 Å². The van der Waals surface area contributed by atoms with Gasteiger partial charge in [0.15, 0.2) is 0 Å². The molecule has 0 spiro atoms. The van der Waals surface area contributed by atoms with E-state index < -0.39 is 0 Å². The van der Waals surface area contributed by atoms with Gasteiger partial charge >= 0.3 is 0 Å². The average molecular weight is 213 g/mol. The molecule has 0 atom stereocenters. The molecule has 2 aromatic rings. The number of nitrogens with zero attached hydrogens (tertiary/aromatic N) is 1. The molecule has 0 radical (unpaired) electrons. The monoisotopic (exact) mass is 213 g/mol. The highest BCUT2D eigenvalue weighted by molar-refractivity contribution is 5.85. The van der Waals surface area contributed by atoms with Crippen LogP contribution in [0.15, 0.2) is 42.5 Å². The van der Waals surface area contributed by atoms with Gasteiger partial charge in [-0.15, -0.1) is 0 Å². The first-order chi connectivity index (χ1) is 7.81. The molecule has 2 aromatic carbocycles. The maximum atomic E-state index is 2.33. The fourth-order valence-electron chi connectivity index (χ4n) is 1.94. The van der Waals surface area contributed by atoms with E-state index in [0.717, 1.165) is 6.54 Å². The molecular weight excluding hydrogens is 194 g/mol. The highest BCUT2D eigenvalue weighted by atomic mass is 15.1. The van der Waals surface area contributed by atoms with Gasteiger partial charge in [0, 0.05) is 19.3 Å². The topological polar surface area (TPSA) is 3.24 Å². The summed E-state index contributed by atoms with van der Waals surface area (Å²) >= 11 is 0. The zero-order valence-electron chi connectivity index (χ0n) is 10.1. The van der Waals surface area contributed by atoms with Crippen LogP contribution in [0.3, 0.4) is 0 Å². The van der Waals surface area contributed by atoms with E-state index in [9.17, 15) is 0 Å². The van der Waals surface area contributed by atoms with Gasteiger partial charge in [0.2, 0.25) is 0 Å². The molecule has 84 valence electrons. The molecule has 0 N–H and O–H groups in total. The van der Waals surface area contributed by atoms with Crippen LogP contribution in [-0.2, 0) is 0 Å². The van der Waals surface area contributed by atoms with Gasteiger partial charge in [0.1, 0.15) is 0 Å². The Morgan fingerprint density at radius 2 is 1.75 bits per heavy atom. The lowest BCUT2D eigenvalue weighted by Crippen LogP contribution is -2.17. The third-order valence-corrected chi connectivity index (χ3v) is 3.02. The quantitative estimate of drug-likeness (QED) is 0.739. The first-order valence-corrected chi connectivity index (χ1v) is 6.01. The van der Waals surface area contributed by atoms with Crippen molar-refractivity contribution in [3.63, 3.8) is 0 Å². The van der Waals surface area contributed by atoms with Gasteiger partial charge in [-0.3, -0.25) is 0 Å². The Morgan fingerprint density at radius 1 is 1.00 bits per heavy atom. The summed E-state index contributed by atoms with van der Waals surface area (Å²) in [5.74, 6) is 0. The lowest BCUT2D eigenvalue weighted by Gasteiger charge is -2.19. The van der Waals surface area contributed by atoms with Crippen LogP contribution in [0.4, 0.5) is 5.69 Å². The molecule has 1 nitrogen and oxygen atoms in total. The molecule has 2 rings (SSSR count). The summed E-state index contributed by atoms with van der Waals surface area (Å²) in [4.78, 5) is 2.33. The summed E-state index contributed by atoms with van der Waals surface area (Å²) in [5.41, 5.74) is 1.31. The van der Waals surface area contributed by atoms with Crippen molar-refractivity contribution < 1.29 is 0 Å². The van der Waals surface area contributed by atoms with Gasteiger partial charge < -0.3 is 4.90 Å². The summed E-state index contributed by atoms with van der Waals surface area (Å²) in [6.45, 7) is 3.36. The van der Waals surface area contributed by atoms with Gasteiger partial charge in [-0.2, -0.15) is 0 Å². The van der Waals surface area contributed by atoms with Gasteiger partial charge in [0.25, 0.3) is 0 Å². The van der Waals surface area contributed by atoms with Crippen LogP contribution in [0.25, 0.3) is 10.8 Å². The van der Waals surface area contributed by atoms with Crippen molar-refractivity contribution in [2.75, 3.05) is 18.5 Å². The van der Waals surface area contributed by atoms with E-state index in [0.29, 0.717) is 0 Å². The predicted octanol–water partition coefficient (Wildman–Crippen LogP) is 4.08. The summed E-state index contributed by atoms with van der Waals surface area (Å²) < 4.78 is 0. The van der Waals surface area contributed by atoms with Crippen LogP contribution < -0.4 is 4.90 Å². The second kappa shape index (κ2) is 5.02. The Labute approximate surface area is 97.7 Å². The van der Waals surface area contributed by atoms with Crippen LogP contribution >= 0.6 is 0 Å². The molecule has 0 heterocycles. The second-order valence-electron chi connectivity index (χ2n) is 4.31. The fraction of sp³-hybridized carbons (Fsp3) is 0.333. The second-order valence-corrected chi connectivity index (χ2v) is 4.31. The van der Waals surface area contributed by atoms with Crippen LogP contribution in [0.2, 0.25) is 0 Å². The van der Waals surface area contributed by atoms with Crippen LogP contribution in [-0.4, -0.2) is 13.6 Å². The van der Waals surface area contributed by atoms with Crippen molar-refractivity contribution in [1.82, 2.24) is 0 Å². The van der Waals surface area contributed by atoms with Crippen LogP contribution in [0, 0.1) is 0 Å². The van der Waals surface area contributed by atoms with E-state index in [1.54, 1.807) is 0 Å². The van der Waals surface area contributed by atoms with Gasteiger partial charge in [0.05, 0.1) is 0 Å². The normalized spacial score (nSPS) is 10.6. The Kier molecular flexibility index (Phi) is 3.45. The highest BCUT2D eigenvalue weighted by Crippen LogP contribution is 2.21. The zero-order valence-corrected chi connectivity index (χ0v) is 10.1. The van der Waals surface area contributed by atoms with Crippen LogP contribution in [0.5, 0.6) is 0 Å². The Hall–Kier alpha value is -1.50. The van der Waals surface area contributed by atoms with Gasteiger partial charge in [-0.25, -0.2) is 0 Å². The molecule has 0 saturated heterocycles. The standard InChI is InChI=1S/C15H19N/c1-3-4-11-16(2)15-10-9-13-7-5-6-8-14(13)12-15/h5-10,12H,3-4,11H2,1-2H3. The third-order valence-electron chi connectivity index (χ3n) is 3.02. The van der Waals surface area contributed by atoms with Gasteiger partial charge in [-0.05, 0) is 29.3 Å². The molecule has 0 amide bonds. The van der Waals surface area contributed by atoms with E-state index in [2.05, 4.69) is 61.3 Å². The largest absolute Gasteiger partial charge is 0.375 e. The SMILES string of the molecule is CCCCN(C)c1ccc2ccccc2c1. The molecule has 1 heteroatoms. The minimum absolute atomic E-state index is 1.13. The first kappa shape index (κ1) is 11.0. The fourth-order valence-corrected chi connectivity index (χ4v) is 1.94. The Balaban J connectivity index is 2.25. The number of benzene rings is 2. The maximum Gasteiger partial charge on any atom is 0.0370 e. The molecule has 0 aromatic heterocycles. The smallest absolute Gasteiger partial charge is 0.0370 e. The van der Waals surface area contributed by atoms with Crippen molar-refractivity contribution >= 4 is 16.5 Å². The Morgan fingerprint density at radius 3 is 2.50 bits per heavy atom. The summed E-state index contributed by atoms with van der Waals surface area (Å²) in [6, 6.07) is 15.2. The van der Waals surface area contributed by atoms with Crippen LogP contribution in [0.1, 0.15) is 19.8 Å². The number of unbranched alkanes of at least 4 members (excludes halogenated alkanes) is 1. The number of anilines is 1. The molecule has 0 unspecified atom stereocenters. The molecular formula is C15H19N. The average Bonchev–Trinajstić information content (AvgIpc) is 2.35. The number of fused-ring (bicyclic) bond motifs is 1. The third kappa shape index (κ3) is 2.35. The van der Waals surface area contributed by atoms with Crippen molar-refractivity contribution in [1.29, 1.82) is 0 Å². The Bertz CT molecular complexity index is 462. The van der Waals surface area contributed by atoms with E-state index in [-0.39, 0.29) is 0 Å². The van der Waals surface area contributed by atoms with Crippen molar-refractivity contribution in [3.05, 3.63) is 42.5 Å². The van der Waals surface area contributed by atoms with Gasteiger partial charge in [-0.1, -0.05) is 43.7 Å². The van der Waals surface area contributed by atoms with Crippen molar-refractivity contribution in [2.24, 2.45) is 0 Å². The van der Waals surface area contributed by atoms with Crippen molar-refractivity contribution in [2.45, 2.75) is 19.8 Å². The zero-order chi connectivity index (χ0) is 11.4. The minimum atomic E-state index is 1.13. The molecule has 0 saturated carbocycles. The van der Waals surface area contributed by atoms with E-state index >= 15 is 0 Å². The number of hydrogen-bond acceptors (Lipinski definition) is 1. The lowest BCUT2D eigenvalue weighted by atomic mass is 10.1. The maximum absolute atomic E-state index is 2.33. The lowest BCUT2D eigenvalue weighted by molar-refractivity contribution is 0.767. The van der Waals surface area contributed by atoms with E-state index in [4.69, 9.17) is 0 Å². The molecule has 0 bridgehead atoms. The first-order valence-electron chi connectivity index (χ1n) is 6.01. The predicted molar refractivity (Wildman–Crippen MR) is 72.1 cm³/mol. The molecule has 0 fully saturated rings. The highest BCUT2D eigenvalue weighted by Gasteiger charge is 2.00. The minimum Gasteiger partial charge on any atom is -0.375 e. The molecule has 16 heavy (non-hydrogen) atoms. The number of rotatable bonds is 4. The molecule has 0 aliphatic carbocycles. The molecule has 0 aliphatic rings. The number of hydrogen-bond donors (Lipinski definition) is 0. The molecule has 0 aliphatic heterocycles. The summed E-state index contributed by atoms with van der Waals surface area (Å²) in [6.07, 6.45) is 2.50. The van der Waals surface area contributed by atoms with E-state index in [1.807, 2.05) is 0 Å². The summed E-state index contributed by atoms with van der Waals surface area (Å²) in [5, 5.41) is 2.64.